The lowest BCUT2D eigenvalue weighted by Crippen LogP contribution is -2.30. The van der Waals surface area contributed by atoms with Crippen LogP contribution in [0.5, 0.6) is 0 Å². The highest BCUT2D eigenvalue weighted by Crippen LogP contribution is 1.89. The highest BCUT2D eigenvalue weighted by Gasteiger charge is 2.02. The number of nitrogens with two attached hydrogens (primary N) is 1. The minimum Gasteiger partial charge on any atom is -0.343 e. The normalized spacial score (nSPS) is 9.50. The van der Waals surface area contributed by atoms with Crippen LogP contribution >= 0.6 is 0 Å². The van der Waals surface area contributed by atoms with Crippen LogP contribution in [0.1, 0.15) is 20.3 Å². The maximum atomic E-state index is 10.8. The fourth-order valence-corrected chi connectivity index (χ4v) is 0.820. The van der Waals surface area contributed by atoms with E-state index in [4.69, 9.17) is 5.73 Å². The van der Waals surface area contributed by atoms with Crippen molar-refractivity contribution in [3.05, 3.63) is 0 Å². The van der Waals surface area contributed by atoms with Gasteiger partial charge in [-0.25, -0.2) is 0 Å². The monoisotopic (exact) mass is 144 g/mol. The first-order valence-corrected chi connectivity index (χ1v) is 3.68. The second-order valence-corrected chi connectivity index (χ2v) is 2.24. The third-order valence-corrected chi connectivity index (χ3v) is 1.46. The molecule has 0 fully saturated rings. The highest BCUT2D eigenvalue weighted by molar-refractivity contribution is 5.73. The summed E-state index contributed by atoms with van der Waals surface area (Å²) in [6.45, 7) is 5.79. The molecule has 0 spiro atoms. The average Bonchev–Trinajstić information content (AvgIpc) is 1.89. The summed E-state index contributed by atoms with van der Waals surface area (Å²) in [7, 11) is 0. The number of amides is 1. The molecule has 0 saturated heterocycles. The minimum atomic E-state index is 0.135. The third kappa shape index (κ3) is 3.45. The molecule has 3 nitrogen and oxygen atoms in total. The van der Waals surface area contributed by atoms with Gasteiger partial charge in [0.05, 0.1) is 0 Å². The van der Waals surface area contributed by atoms with Gasteiger partial charge in [0.15, 0.2) is 0 Å². The van der Waals surface area contributed by atoms with Gasteiger partial charge >= 0.3 is 0 Å². The Kier molecular flexibility index (Phi) is 4.94. The van der Waals surface area contributed by atoms with Crippen LogP contribution in [0.2, 0.25) is 0 Å². The van der Waals surface area contributed by atoms with E-state index >= 15 is 0 Å². The molecule has 0 aliphatic heterocycles. The van der Waals surface area contributed by atoms with Crippen LogP contribution < -0.4 is 5.73 Å². The summed E-state index contributed by atoms with van der Waals surface area (Å²) in [5, 5.41) is 0. The predicted molar refractivity (Wildman–Crippen MR) is 41.6 cm³/mol. The second-order valence-electron chi connectivity index (χ2n) is 2.24. The van der Waals surface area contributed by atoms with Crippen LogP contribution in [-0.2, 0) is 4.79 Å². The molecular weight excluding hydrogens is 128 g/mol. The zero-order valence-electron chi connectivity index (χ0n) is 6.76. The van der Waals surface area contributed by atoms with Crippen LogP contribution in [0.3, 0.4) is 0 Å². The number of nitrogens with zero attached hydrogens (tertiary/aromatic N) is 1. The molecule has 0 rings (SSSR count). The molecule has 10 heavy (non-hydrogen) atoms. The fraction of sp³-hybridized carbons (Fsp3) is 0.857. The SMILES string of the molecule is CCN(CCCN)C(C)=O. The van der Waals surface area contributed by atoms with Crippen molar-refractivity contribution in [1.29, 1.82) is 0 Å². The quantitative estimate of drug-likeness (QED) is 0.613. The van der Waals surface area contributed by atoms with Crippen LogP contribution in [0.4, 0.5) is 0 Å². The fourth-order valence-electron chi connectivity index (χ4n) is 0.820. The van der Waals surface area contributed by atoms with Gasteiger partial charge < -0.3 is 10.6 Å². The van der Waals surface area contributed by atoms with Gasteiger partial charge in [-0.3, -0.25) is 4.79 Å². The standard InChI is InChI=1S/C7H16N2O/c1-3-9(7(2)10)6-4-5-8/h3-6,8H2,1-2H3. The van der Waals surface area contributed by atoms with Crippen molar-refractivity contribution < 1.29 is 4.79 Å². The van der Waals surface area contributed by atoms with Gasteiger partial charge in [-0.05, 0) is 19.9 Å². The van der Waals surface area contributed by atoms with Gasteiger partial charge in [-0.1, -0.05) is 0 Å². The Morgan fingerprint density at radius 2 is 2.20 bits per heavy atom. The number of carbonyl (C=O) groups is 1. The Labute approximate surface area is 62.2 Å². The van der Waals surface area contributed by atoms with Gasteiger partial charge in [-0.15, -0.1) is 0 Å². The van der Waals surface area contributed by atoms with Gasteiger partial charge in [0.1, 0.15) is 0 Å². The zero-order chi connectivity index (χ0) is 7.98. The Hall–Kier alpha value is -0.570. The summed E-state index contributed by atoms with van der Waals surface area (Å²) < 4.78 is 0. The van der Waals surface area contributed by atoms with Gasteiger partial charge in [0.2, 0.25) is 5.91 Å². The first-order chi connectivity index (χ1) is 4.72. The Balaban J connectivity index is 3.50. The van der Waals surface area contributed by atoms with E-state index in [-0.39, 0.29) is 5.91 Å². The van der Waals surface area contributed by atoms with E-state index in [0.29, 0.717) is 6.54 Å². The van der Waals surface area contributed by atoms with E-state index in [2.05, 4.69) is 0 Å². The van der Waals surface area contributed by atoms with E-state index in [0.717, 1.165) is 19.5 Å². The minimum absolute atomic E-state index is 0.135. The van der Waals surface area contributed by atoms with Crippen molar-refractivity contribution in [2.45, 2.75) is 20.3 Å². The molecule has 0 aliphatic rings. The lowest BCUT2D eigenvalue weighted by atomic mass is 10.4. The summed E-state index contributed by atoms with van der Waals surface area (Å²) in [6.07, 6.45) is 0.896. The van der Waals surface area contributed by atoms with Crippen molar-refractivity contribution in [2.75, 3.05) is 19.6 Å². The van der Waals surface area contributed by atoms with Crippen LogP contribution in [-0.4, -0.2) is 30.4 Å². The predicted octanol–water partition coefficient (Wildman–Crippen LogP) is 0.204. The van der Waals surface area contributed by atoms with Crippen LogP contribution in [0.25, 0.3) is 0 Å². The molecule has 60 valence electrons. The highest BCUT2D eigenvalue weighted by atomic mass is 16.2. The van der Waals surface area contributed by atoms with Crippen molar-refractivity contribution in [3.63, 3.8) is 0 Å². The molecular formula is C7H16N2O. The van der Waals surface area contributed by atoms with Crippen molar-refractivity contribution >= 4 is 5.91 Å². The van der Waals surface area contributed by atoms with E-state index in [1.165, 1.54) is 0 Å². The first kappa shape index (κ1) is 9.43. The molecule has 0 radical (unpaired) electrons. The maximum absolute atomic E-state index is 10.8. The van der Waals surface area contributed by atoms with Gasteiger partial charge in [-0.2, -0.15) is 0 Å². The van der Waals surface area contributed by atoms with E-state index in [1.807, 2.05) is 6.92 Å². The van der Waals surface area contributed by atoms with E-state index in [9.17, 15) is 4.79 Å². The Morgan fingerprint density at radius 3 is 2.50 bits per heavy atom. The summed E-state index contributed by atoms with van der Waals surface area (Å²) in [5.41, 5.74) is 5.29. The summed E-state index contributed by atoms with van der Waals surface area (Å²) in [4.78, 5) is 12.6. The van der Waals surface area contributed by atoms with Gasteiger partial charge in [0.25, 0.3) is 0 Å². The first-order valence-electron chi connectivity index (χ1n) is 3.68. The molecule has 0 atom stereocenters. The zero-order valence-corrected chi connectivity index (χ0v) is 6.76. The Morgan fingerprint density at radius 1 is 1.60 bits per heavy atom. The lowest BCUT2D eigenvalue weighted by Gasteiger charge is -2.17. The average molecular weight is 144 g/mol. The molecule has 0 unspecified atom stereocenters. The van der Waals surface area contributed by atoms with Crippen molar-refractivity contribution in [3.8, 4) is 0 Å². The summed E-state index contributed by atoms with van der Waals surface area (Å²) in [5.74, 6) is 0.135. The maximum Gasteiger partial charge on any atom is 0.219 e. The molecule has 3 heteroatoms. The third-order valence-electron chi connectivity index (χ3n) is 1.46. The largest absolute Gasteiger partial charge is 0.343 e. The molecule has 0 bridgehead atoms. The van der Waals surface area contributed by atoms with E-state index < -0.39 is 0 Å². The summed E-state index contributed by atoms with van der Waals surface area (Å²) >= 11 is 0. The molecule has 0 aromatic rings. The van der Waals surface area contributed by atoms with Crippen molar-refractivity contribution in [1.82, 2.24) is 4.90 Å². The molecule has 0 heterocycles. The Bertz CT molecular complexity index is 104. The number of carbonyl (C=O) groups excluding carboxylic acids is 1. The molecule has 0 aromatic heterocycles. The number of hydrogen-bond donors (Lipinski definition) is 1. The molecule has 0 aliphatic carbocycles. The molecule has 0 aromatic carbocycles. The smallest absolute Gasteiger partial charge is 0.219 e. The number of rotatable bonds is 4. The molecule has 2 N–H and O–H groups in total. The van der Waals surface area contributed by atoms with Crippen LogP contribution in [0, 0.1) is 0 Å². The van der Waals surface area contributed by atoms with Gasteiger partial charge in [0, 0.05) is 20.0 Å². The summed E-state index contributed by atoms with van der Waals surface area (Å²) in [6, 6.07) is 0. The van der Waals surface area contributed by atoms with Crippen molar-refractivity contribution in [2.24, 2.45) is 5.73 Å². The number of hydrogen-bond acceptors (Lipinski definition) is 2. The van der Waals surface area contributed by atoms with E-state index in [1.54, 1.807) is 11.8 Å². The lowest BCUT2D eigenvalue weighted by molar-refractivity contribution is -0.128. The topological polar surface area (TPSA) is 46.3 Å². The molecule has 0 saturated carbocycles. The molecule has 1 amide bonds. The van der Waals surface area contributed by atoms with Crippen LogP contribution in [0.15, 0.2) is 0 Å². The second kappa shape index (κ2) is 5.23.